The van der Waals surface area contributed by atoms with Crippen LogP contribution >= 0.6 is 11.3 Å². The number of hydrogen-bond acceptors (Lipinski definition) is 8. The van der Waals surface area contributed by atoms with Crippen molar-refractivity contribution in [3.8, 4) is 17.2 Å². The van der Waals surface area contributed by atoms with Gasteiger partial charge in [-0.05, 0) is 6.07 Å². The molecule has 0 aliphatic carbocycles. The number of rotatable bonds is 7. The molecule has 0 fully saturated rings. The van der Waals surface area contributed by atoms with Gasteiger partial charge in [0.1, 0.15) is 9.77 Å². The summed E-state index contributed by atoms with van der Waals surface area (Å²) < 4.78 is 50.2. The molecule has 2 aromatic carbocycles. The van der Waals surface area contributed by atoms with Gasteiger partial charge in [-0.2, -0.15) is 0 Å². The van der Waals surface area contributed by atoms with Gasteiger partial charge in [0.15, 0.2) is 11.5 Å². The van der Waals surface area contributed by atoms with Crippen molar-refractivity contribution in [1.82, 2.24) is 0 Å². The molecule has 0 spiro atoms. The quantitative estimate of drug-likeness (QED) is 0.565. The van der Waals surface area contributed by atoms with E-state index in [4.69, 9.17) is 18.9 Å². The minimum absolute atomic E-state index is 0.00589. The third-order valence-electron chi connectivity index (χ3n) is 4.11. The van der Waals surface area contributed by atoms with Crippen molar-refractivity contribution < 1.29 is 32.2 Å². The number of benzene rings is 2. The molecular weight excluding hydrogens is 418 g/mol. The van der Waals surface area contributed by atoms with Gasteiger partial charge in [0.25, 0.3) is 10.0 Å². The number of nitrogens with one attached hydrogen (secondary N) is 1. The smallest absolute Gasteiger partial charge is 0.349 e. The third kappa shape index (κ3) is 3.81. The Hall–Kier alpha value is -2.98. The normalized spacial score (nSPS) is 11.2. The number of anilines is 1. The summed E-state index contributed by atoms with van der Waals surface area (Å²) in [5, 5.41) is 0.429. The summed E-state index contributed by atoms with van der Waals surface area (Å²) in [5.41, 5.74) is 0.186. The van der Waals surface area contributed by atoms with Crippen LogP contribution in [0.3, 0.4) is 0 Å². The monoisotopic (exact) mass is 437 g/mol. The molecule has 154 valence electrons. The molecule has 0 bridgehead atoms. The molecule has 0 atom stereocenters. The van der Waals surface area contributed by atoms with Gasteiger partial charge >= 0.3 is 5.97 Å². The summed E-state index contributed by atoms with van der Waals surface area (Å²) in [6, 6.07) is 9.78. The van der Waals surface area contributed by atoms with E-state index in [1.807, 2.05) is 0 Å². The molecule has 0 saturated carbocycles. The maximum atomic E-state index is 13.2. The molecule has 29 heavy (non-hydrogen) atoms. The van der Waals surface area contributed by atoms with E-state index in [9.17, 15) is 13.2 Å². The Morgan fingerprint density at radius 2 is 1.59 bits per heavy atom. The number of carbonyl (C=O) groups excluding carboxylic acids is 1. The van der Waals surface area contributed by atoms with Crippen LogP contribution in [-0.4, -0.2) is 42.8 Å². The van der Waals surface area contributed by atoms with Crippen LogP contribution in [-0.2, 0) is 14.8 Å². The lowest BCUT2D eigenvalue weighted by Crippen LogP contribution is -2.16. The lowest BCUT2D eigenvalue weighted by molar-refractivity contribution is 0.0602. The van der Waals surface area contributed by atoms with E-state index < -0.39 is 16.0 Å². The Morgan fingerprint density at radius 1 is 0.966 bits per heavy atom. The largest absolute Gasteiger partial charge is 0.493 e. The van der Waals surface area contributed by atoms with Crippen molar-refractivity contribution in [1.29, 1.82) is 0 Å². The first-order valence-electron chi connectivity index (χ1n) is 8.29. The molecule has 0 amide bonds. The van der Waals surface area contributed by atoms with Crippen molar-refractivity contribution in [3.05, 3.63) is 41.3 Å². The molecular formula is C19H19NO7S2. The number of esters is 1. The van der Waals surface area contributed by atoms with Crippen LogP contribution in [0.25, 0.3) is 10.1 Å². The van der Waals surface area contributed by atoms with Crippen LogP contribution in [0.15, 0.2) is 41.3 Å². The van der Waals surface area contributed by atoms with Crippen molar-refractivity contribution >= 4 is 43.1 Å². The van der Waals surface area contributed by atoms with Crippen molar-refractivity contribution in [2.24, 2.45) is 0 Å². The number of thiophene rings is 1. The molecule has 3 aromatic rings. The lowest BCUT2D eigenvalue weighted by Gasteiger charge is -2.15. The highest BCUT2D eigenvalue weighted by molar-refractivity contribution is 7.93. The Bertz CT molecular complexity index is 1140. The van der Waals surface area contributed by atoms with Gasteiger partial charge in [-0.25, -0.2) is 13.2 Å². The highest BCUT2D eigenvalue weighted by atomic mass is 32.2. The van der Waals surface area contributed by atoms with E-state index in [0.29, 0.717) is 15.8 Å². The maximum absolute atomic E-state index is 13.2. The van der Waals surface area contributed by atoms with Gasteiger partial charge in [-0.3, -0.25) is 4.72 Å². The van der Waals surface area contributed by atoms with E-state index in [2.05, 4.69) is 4.72 Å². The fourth-order valence-corrected chi connectivity index (χ4v) is 5.72. The molecule has 0 aliphatic rings. The van der Waals surface area contributed by atoms with E-state index in [0.717, 1.165) is 11.3 Å². The van der Waals surface area contributed by atoms with Gasteiger partial charge in [0, 0.05) is 22.2 Å². The first kappa shape index (κ1) is 20.7. The molecule has 0 radical (unpaired) electrons. The molecule has 3 rings (SSSR count). The van der Waals surface area contributed by atoms with Crippen LogP contribution in [0.2, 0.25) is 0 Å². The predicted molar refractivity (Wildman–Crippen MR) is 110 cm³/mol. The van der Waals surface area contributed by atoms with Gasteiger partial charge in [0.2, 0.25) is 5.75 Å². The number of sulfonamides is 1. The fraction of sp³-hybridized carbons (Fsp3) is 0.211. The topological polar surface area (TPSA) is 100 Å². The SMILES string of the molecule is COC(=O)c1sc2ccccc2c1S(=O)(=O)Nc1cc(OC)c(OC)c(OC)c1. The second kappa shape index (κ2) is 8.18. The second-order valence-corrected chi connectivity index (χ2v) is 8.44. The lowest BCUT2D eigenvalue weighted by atomic mass is 10.2. The van der Waals surface area contributed by atoms with Crippen LogP contribution in [0, 0.1) is 0 Å². The number of hydrogen-bond donors (Lipinski definition) is 1. The number of methoxy groups -OCH3 is 4. The van der Waals surface area contributed by atoms with E-state index in [1.54, 1.807) is 24.3 Å². The molecule has 0 aliphatic heterocycles. The Balaban J connectivity index is 2.15. The zero-order valence-electron chi connectivity index (χ0n) is 16.1. The van der Waals surface area contributed by atoms with Crippen LogP contribution in [0.1, 0.15) is 9.67 Å². The summed E-state index contributed by atoms with van der Waals surface area (Å²) in [7, 11) is 1.36. The number of carbonyl (C=O) groups is 1. The minimum atomic E-state index is -4.14. The summed E-state index contributed by atoms with van der Waals surface area (Å²) in [6.45, 7) is 0. The molecule has 8 nitrogen and oxygen atoms in total. The summed E-state index contributed by atoms with van der Waals surface area (Å²) in [6.07, 6.45) is 0. The van der Waals surface area contributed by atoms with Crippen molar-refractivity contribution in [3.63, 3.8) is 0 Å². The molecule has 1 aromatic heterocycles. The Labute approximate surface area is 172 Å². The molecule has 0 saturated heterocycles. The van der Waals surface area contributed by atoms with Gasteiger partial charge in [-0.1, -0.05) is 18.2 Å². The highest BCUT2D eigenvalue weighted by Gasteiger charge is 2.29. The molecule has 1 heterocycles. The number of ether oxygens (including phenoxy) is 4. The zero-order chi connectivity index (χ0) is 21.2. The summed E-state index contributed by atoms with van der Waals surface area (Å²) in [5.74, 6) is 0.173. The van der Waals surface area contributed by atoms with Gasteiger partial charge < -0.3 is 18.9 Å². The maximum Gasteiger partial charge on any atom is 0.349 e. The average Bonchev–Trinajstić information content (AvgIpc) is 3.12. The fourth-order valence-electron chi connectivity index (χ4n) is 2.86. The molecule has 1 N–H and O–H groups in total. The van der Waals surface area contributed by atoms with Gasteiger partial charge in [0.05, 0.1) is 34.1 Å². The standard InChI is InChI=1S/C19H19NO7S2/c1-24-13-9-11(10-14(25-2)16(13)26-3)20-29(22,23)18-12-7-5-6-8-15(12)28-17(18)19(21)27-4/h5-10,20H,1-4H3. The summed E-state index contributed by atoms with van der Waals surface area (Å²) in [4.78, 5) is 12.1. The first-order valence-corrected chi connectivity index (χ1v) is 10.6. The van der Waals surface area contributed by atoms with Crippen LogP contribution in [0.5, 0.6) is 17.2 Å². The Kier molecular flexibility index (Phi) is 5.85. The van der Waals surface area contributed by atoms with Crippen molar-refractivity contribution in [2.75, 3.05) is 33.2 Å². The third-order valence-corrected chi connectivity index (χ3v) is 6.85. The zero-order valence-corrected chi connectivity index (χ0v) is 17.8. The predicted octanol–water partition coefficient (Wildman–Crippen LogP) is 3.51. The number of fused-ring (bicyclic) bond motifs is 1. The van der Waals surface area contributed by atoms with Crippen LogP contribution < -0.4 is 18.9 Å². The minimum Gasteiger partial charge on any atom is -0.493 e. The van der Waals surface area contributed by atoms with Crippen LogP contribution in [0.4, 0.5) is 5.69 Å². The first-order chi connectivity index (χ1) is 13.9. The van der Waals surface area contributed by atoms with E-state index in [1.165, 1.54) is 40.6 Å². The van der Waals surface area contributed by atoms with Crippen molar-refractivity contribution in [2.45, 2.75) is 4.90 Å². The summed E-state index contributed by atoms with van der Waals surface area (Å²) >= 11 is 1.05. The molecule has 0 unspecified atom stereocenters. The van der Waals surface area contributed by atoms with E-state index in [-0.39, 0.29) is 27.0 Å². The Morgan fingerprint density at radius 3 is 2.14 bits per heavy atom. The van der Waals surface area contributed by atoms with E-state index >= 15 is 0 Å². The molecule has 10 heteroatoms. The highest BCUT2D eigenvalue weighted by Crippen LogP contribution is 2.41. The average molecular weight is 437 g/mol. The second-order valence-electron chi connectivity index (χ2n) is 5.77. The van der Waals surface area contributed by atoms with Gasteiger partial charge in [-0.15, -0.1) is 11.3 Å².